The third-order valence-corrected chi connectivity index (χ3v) is 5.52. The van der Waals surface area contributed by atoms with Gasteiger partial charge in [-0.3, -0.25) is 14.4 Å². The number of carbonyl (C=O) groups excluding carboxylic acids is 3. The second-order valence-corrected chi connectivity index (χ2v) is 7.21. The van der Waals surface area contributed by atoms with Gasteiger partial charge in [0.25, 0.3) is 0 Å². The maximum Gasteiger partial charge on any atom is 0.225 e. The number of ketones is 1. The Morgan fingerprint density at radius 2 is 2.00 bits per heavy atom. The molecule has 0 spiro atoms. The molecule has 0 bridgehead atoms. The van der Waals surface area contributed by atoms with Crippen LogP contribution in [0.1, 0.15) is 60.8 Å². The van der Waals surface area contributed by atoms with Crippen LogP contribution in [0.15, 0.2) is 0 Å². The Balaban J connectivity index is 1.68. The molecule has 0 aliphatic heterocycles. The highest BCUT2D eigenvalue weighted by atomic mass is 32.1. The van der Waals surface area contributed by atoms with Crippen LogP contribution in [0.25, 0.3) is 0 Å². The van der Waals surface area contributed by atoms with Gasteiger partial charge >= 0.3 is 0 Å². The summed E-state index contributed by atoms with van der Waals surface area (Å²) < 4.78 is 0. The number of nitrogens with zero attached hydrogens (tertiary/aromatic N) is 1. The maximum absolute atomic E-state index is 12.4. The van der Waals surface area contributed by atoms with Gasteiger partial charge in [-0.15, -0.1) is 0 Å². The van der Waals surface area contributed by atoms with Crippen LogP contribution in [0, 0.1) is 5.92 Å². The van der Waals surface area contributed by atoms with Crippen molar-refractivity contribution in [1.82, 2.24) is 10.3 Å². The molecule has 0 radical (unpaired) electrons. The molecule has 6 nitrogen and oxygen atoms in total. The van der Waals surface area contributed by atoms with Crippen LogP contribution in [0.4, 0.5) is 5.13 Å². The number of amides is 2. The number of rotatable bonds is 4. The number of thiazole rings is 1. The predicted octanol–water partition coefficient (Wildman–Crippen LogP) is 2.30. The van der Waals surface area contributed by atoms with Crippen LogP contribution in [0.5, 0.6) is 0 Å². The summed E-state index contributed by atoms with van der Waals surface area (Å²) >= 11 is 1.21. The summed E-state index contributed by atoms with van der Waals surface area (Å²) in [6, 6.07) is 0.258. The topological polar surface area (TPSA) is 88.2 Å². The van der Waals surface area contributed by atoms with E-state index in [0.29, 0.717) is 28.5 Å². The molecule has 2 aliphatic carbocycles. The van der Waals surface area contributed by atoms with Gasteiger partial charge in [0.15, 0.2) is 10.9 Å². The minimum absolute atomic E-state index is 0.0388. The highest BCUT2D eigenvalue weighted by molar-refractivity contribution is 7.17. The Morgan fingerprint density at radius 1 is 1.26 bits per heavy atom. The molecule has 2 amide bonds. The lowest BCUT2D eigenvalue weighted by atomic mass is 9.89. The molecule has 1 fully saturated rings. The molecule has 0 unspecified atom stereocenters. The number of nitrogens with one attached hydrogen (secondary N) is 2. The molecule has 1 saturated carbocycles. The summed E-state index contributed by atoms with van der Waals surface area (Å²) in [6.07, 6.45) is 5.44. The van der Waals surface area contributed by atoms with Gasteiger partial charge in [0, 0.05) is 25.3 Å². The fourth-order valence-corrected chi connectivity index (χ4v) is 4.12. The zero-order valence-electron chi connectivity index (χ0n) is 13.2. The molecule has 1 aromatic rings. The van der Waals surface area contributed by atoms with Gasteiger partial charge in [-0.05, 0) is 12.8 Å². The lowest BCUT2D eigenvalue weighted by Gasteiger charge is -2.21. The molecule has 1 atom stereocenters. The zero-order valence-corrected chi connectivity index (χ0v) is 14.0. The van der Waals surface area contributed by atoms with Crippen molar-refractivity contribution < 1.29 is 14.4 Å². The van der Waals surface area contributed by atoms with Crippen LogP contribution >= 0.6 is 11.3 Å². The monoisotopic (exact) mass is 335 g/mol. The fraction of sp³-hybridized carbons (Fsp3) is 0.625. The molecular weight excluding hydrogens is 314 g/mol. The number of Topliss-reactive ketones (excluding diaryl/α,β-unsaturated/α-hetero) is 1. The second-order valence-electron chi connectivity index (χ2n) is 6.21. The van der Waals surface area contributed by atoms with Crippen molar-refractivity contribution >= 4 is 34.1 Å². The molecule has 2 N–H and O–H groups in total. The SMILES string of the molecule is CCC(=O)Nc1nc2c(s1)C(=O)C[C@@H](C(=O)NC1CCCC1)C2. The predicted molar refractivity (Wildman–Crippen MR) is 87.6 cm³/mol. The second kappa shape index (κ2) is 6.78. The van der Waals surface area contributed by atoms with Gasteiger partial charge in [0.2, 0.25) is 11.8 Å². The Morgan fingerprint density at radius 3 is 2.70 bits per heavy atom. The third-order valence-electron chi connectivity index (χ3n) is 4.46. The van der Waals surface area contributed by atoms with E-state index in [4.69, 9.17) is 0 Å². The van der Waals surface area contributed by atoms with Crippen LogP contribution < -0.4 is 10.6 Å². The van der Waals surface area contributed by atoms with E-state index in [1.54, 1.807) is 6.92 Å². The van der Waals surface area contributed by atoms with Gasteiger partial charge in [-0.25, -0.2) is 4.98 Å². The first-order valence-electron chi connectivity index (χ1n) is 8.20. The highest BCUT2D eigenvalue weighted by Crippen LogP contribution is 2.32. The van der Waals surface area contributed by atoms with Gasteiger partial charge in [-0.1, -0.05) is 31.1 Å². The third kappa shape index (κ3) is 3.60. The highest BCUT2D eigenvalue weighted by Gasteiger charge is 2.34. The van der Waals surface area contributed by atoms with Gasteiger partial charge < -0.3 is 10.6 Å². The summed E-state index contributed by atoms with van der Waals surface area (Å²) in [4.78, 5) is 41.0. The molecule has 0 saturated heterocycles. The molecule has 3 rings (SSSR count). The number of hydrogen-bond donors (Lipinski definition) is 2. The number of fused-ring (bicyclic) bond motifs is 1. The first kappa shape index (κ1) is 16.1. The molecule has 7 heteroatoms. The number of carbonyl (C=O) groups is 3. The average Bonchev–Trinajstić information content (AvgIpc) is 3.16. The standard InChI is InChI=1S/C16H21N3O3S/c1-2-13(21)19-16-18-11-7-9(8-12(20)14(11)23-16)15(22)17-10-5-3-4-6-10/h9-10H,2-8H2,1H3,(H,17,22)(H,18,19,21)/t9-/m0/s1. The van der Waals surface area contributed by atoms with E-state index in [-0.39, 0.29) is 36.0 Å². The van der Waals surface area contributed by atoms with Crippen LogP contribution in [-0.4, -0.2) is 28.6 Å². The molecular formula is C16H21N3O3S. The molecule has 1 heterocycles. The van der Waals surface area contributed by atoms with E-state index in [2.05, 4.69) is 15.6 Å². The Bertz CT molecular complexity index is 635. The van der Waals surface area contributed by atoms with E-state index < -0.39 is 0 Å². The largest absolute Gasteiger partial charge is 0.353 e. The van der Waals surface area contributed by atoms with Gasteiger partial charge in [-0.2, -0.15) is 0 Å². The van der Waals surface area contributed by atoms with E-state index >= 15 is 0 Å². The maximum atomic E-state index is 12.4. The molecule has 1 aromatic heterocycles. The Labute approximate surface area is 139 Å². The van der Waals surface area contributed by atoms with E-state index in [1.807, 2.05) is 0 Å². The van der Waals surface area contributed by atoms with Crippen molar-refractivity contribution in [2.45, 2.75) is 57.9 Å². The van der Waals surface area contributed by atoms with Crippen molar-refractivity contribution in [3.63, 3.8) is 0 Å². The van der Waals surface area contributed by atoms with Crippen molar-refractivity contribution in [3.05, 3.63) is 10.6 Å². The summed E-state index contributed by atoms with van der Waals surface area (Å²) in [7, 11) is 0. The first-order chi connectivity index (χ1) is 11.1. The van der Waals surface area contributed by atoms with E-state index in [1.165, 1.54) is 11.3 Å². The Kier molecular flexibility index (Phi) is 4.75. The number of hydrogen-bond acceptors (Lipinski definition) is 5. The van der Waals surface area contributed by atoms with Crippen molar-refractivity contribution in [1.29, 1.82) is 0 Å². The van der Waals surface area contributed by atoms with E-state index in [9.17, 15) is 14.4 Å². The van der Waals surface area contributed by atoms with Gasteiger partial charge in [0.05, 0.1) is 16.5 Å². The molecule has 23 heavy (non-hydrogen) atoms. The zero-order chi connectivity index (χ0) is 16.4. The Hall–Kier alpha value is -1.76. The summed E-state index contributed by atoms with van der Waals surface area (Å²) in [5.41, 5.74) is 0.643. The summed E-state index contributed by atoms with van der Waals surface area (Å²) in [6.45, 7) is 1.76. The van der Waals surface area contributed by atoms with Crippen LogP contribution in [-0.2, 0) is 16.0 Å². The lowest BCUT2D eigenvalue weighted by molar-refractivity contribution is -0.125. The van der Waals surface area contributed by atoms with Crippen molar-refractivity contribution in [2.24, 2.45) is 5.92 Å². The number of anilines is 1. The quantitative estimate of drug-likeness (QED) is 0.883. The summed E-state index contributed by atoms with van der Waals surface area (Å²) in [5.74, 6) is -0.554. The average molecular weight is 335 g/mol. The van der Waals surface area contributed by atoms with E-state index in [0.717, 1.165) is 25.7 Å². The minimum atomic E-state index is -0.340. The van der Waals surface area contributed by atoms with Gasteiger partial charge in [0.1, 0.15) is 0 Å². The normalized spacial score (nSPS) is 21.1. The first-order valence-corrected chi connectivity index (χ1v) is 9.01. The molecule has 2 aliphatic rings. The smallest absolute Gasteiger partial charge is 0.225 e. The van der Waals surface area contributed by atoms with Crippen LogP contribution in [0.2, 0.25) is 0 Å². The fourth-order valence-electron chi connectivity index (χ4n) is 3.17. The molecule has 0 aromatic carbocycles. The van der Waals surface area contributed by atoms with Crippen molar-refractivity contribution in [2.75, 3.05) is 5.32 Å². The minimum Gasteiger partial charge on any atom is -0.353 e. The number of aromatic nitrogens is 1. The summed E-state index contributed by atoms with van der Waals surface area (Å²) in [5, 5.41) is 6.20. The molecule has 124 valence electrons. The van der Waals surface area contributed by atoms with Crippen LogP contribution in [0.3, 0.4) is 0 Å². The lowest BCUT2D eigenvalue weighted by Crippen LogP contribution is -2.40. The van der Waals surface area contributed by atoms with Crippen molar-refractivity contribution in [3.8, 4) is 0 Å².